The molecule has 0 aliphatic carbocycles. The summed E-state index contributed by atoms with van der Waals surface area (Å²) < 4.78 is 4.79. The van der Waals surface area contributed by atoms with Crippen LogP contribution in [0, 0.1) is 5.92 Å². The summed E-state index contributed by atoms with van der Waals surface area (Å²) in [6.07, 6.45) is 0. The summed E-state index contributed by atoms with van der Waals surface area (Å²) in [6, 6.07) is -0.345. The van der Waals surface area contributed by atoms with E-state index in [4.69, 9.17) is 4.74 Å². The van der Waals surface area contributed by atoms with E-state index < -0.39 is 11.9 Å². The number of hydrogen-bond acceptors (Lipinski definition) is 4. The van der Waals surface area contributed by atoms with Crippen LogP contribution in [0.25, 0.3) is 0 Å². The molecule has 1 heterocycles. The number of amides is 1. The molecule has 0 spiro atoms. The van der Waals surface area contributed by atoms with Gasteiger partial charge in [0, 0.05) is 0 Å². The standard InChI is InChI=1S/C9H14N2O3/c1-4-14-9(13)7-5(2)10-6(3)11-8(7)12/h5,7H,4H2,1-3H3,(H,10,11,12)/t5-,7+/m0/s1. The van der Waals surface area contributed by atoms with Crippen molar-refractivity contribution in [2.24, 2.45) is 10.9 Å². The quantitative estimate of drug-likeness (QED) is 0.505. The first-order valence-corrected chi connectivity index (χ1v) is 4.58. The van der Waals surface area contributed by atoms with Crippen LogP contribution in [-0.2, 0) is 14.3 Å². The van der Waals surface area contributed by atoms with E-state index in [-0.39, 0.29) is 18.6 Å². The molecule has 1 rings (SSSR count). The predicted molar refractivity (Wildman–Crippen MR) is 50.8 cm³/mol. The third-order valence-corrected chi connectivity index (χ3v) is 2.01. The second-order valence-electron chi connectivity index (χ2n) is 3.17. The third-order valence-electron chi connectivity index (χ3n) is 2.01. The van der Waals surface area contributed by atoms with Crippen LogP contribution in [0.2, 0.25) is 0 Å². The number of amidine groups is 1. The van der Waals surface area contributed by atoms with Gasteiger partial charge in [-0.3, -0.25) is 14.6 Å². The van der Waals surface area contributed by atoms with E-state index in [1.807, 2.05) is 0 Å². The summed E-state index contributed by atoms with van der Waals surface area (Å²) in [6.45, 7) is 5.40. The van der Waals surface area contributed by atoms with E-state index in [9.17, 15) is 9.59 Å². The highest BCUT2D eigenvalue weighted by atomic mass is 16.5. The SMILES string of the molecule is CCOC(=O)[C@H]1C(=O)NC(C)=N[C@H]1C. The van der Waals surface area contributed by atoms with Gasteiger partial charge in [0.1, 0.15) is 5.84 Å². The van der Waals surface area contributed by atoms with Gasteiger partial charge >= 0.3 is 5.97 Å². The van der Waals surface area contributed by atoms with E-state index >= 15 is 0 Å². The Hall–Kier alpha value is -1.39. The lowest BCUT2D eigenvalue weighted by atomic mass is 9.99. The maximum Gasteiger partial charge on any atom is 0.320 e. The number of nitrogens with one attached hydrogen (secondary N) is 1. The minimum absolute atomic E-state index is 0.276. The molecule has 0 bridgehead atoms. The molecular formula is C9H14N2O3. The Morgan fingerprint density at radius 2 is 2.29 bits per heavy atom. The summed E-state index contributed by atoms with van der Waals surface area (Å²) in [7, 11) is 0. The van der Waals surface area contributed by atoms with Gasteiger partial charge in [0.2, 0.25) is 5.91 Å². The van der Waals surface area contributed by atoms with Crippen LogP contribution in [0.15, 0.2) is 4.99 Å². The Kier molecular flexibility index (Phi) is 3.22. The van der Waals surface area contributed by atoms with Crippen molar-refractivity contribution in [3.05, 3.63) is 0 Å². The number of nitrogens with zero attached hydrogens (tertiary/aromatic N) is 1. The lowest BCUT2D eigenvalue weighted by Crippen LogP contribution is -2.47. The van der Waals surface area contributed by atoms with E-state index in [1.165, 1.54) is 0 Å². The van der Waals surface area contributed by atoms with Crippen LogP contribution < -0.4 is 5.32 Å². The Labute approximate surface area is 82.5 Å². The molecule has 0 saturated heterocycles. The first-order chi connectivity index (χ1) is 6.56. The van der Waals surface area contributed by atoms with Gasteiger partial charge in [0.15, 0.2) is 5.92 Å². The lowest BCUT2D eigenvalue weighted by molar-refractivity contribution is -0.152. The van der Waals surface area contributed by atoms with Crippen molar-refractivity contribution in [3.8, 4) is 0 Å². The van der Waals surface area contributed by atoms with Crippen molar-refractivity contribution in [1.82, 2.24) is 5.32 Å². The van der Waals surface area contributed by atoms with E-state index in [0.29, 0.717) is 5.84 Å². The normalized spacial score (nSPS) is 26.5. The average Bonchev–Trinajstić information content (AvgIpc) is 2.01. The minimum Gasteiger partial charge on any atom is -0.465 e. The zero-order valence-electron chi connectivity index (χ0n) is 8.53. The van der Waals surface area contributed by atoms with Gasteiger partial charge in [-0.05, 0) is 20.8 Å². The monoisotopic (exact) mass is 198 g/mol. The number of hydrogen-bond donors (Lipinski definition) is 1. The lowest BCUT2D eigenvalue weighted by Gasteiger charge is -2.23. The topological polar surface area (TPSA) is 67.8 Å². The molecule has 5 heteroatoms. The first kappa shape index (κ1) is 10.7. The largest absolute Gasteiger partial charge is 0.465 e. The van der Waals surface area contributed by atoms with Crippen molar-refractivity contribution < 1.29 is 14.3 Å². The highest BCUT2D eigenvalue weighted by molar-refractivity contribution is 6.08. The van der Waals surface area contributed by atoms with Gasteiger partial charge in [0.25, 0.3) is 0 Å². The zero-order chi connectivity index (χ0) is 10.7. The average molecular weight is 198 g/mol. The van der Waals surface area contributed by atoms with E-state index in [2.05, 4.69) is 10.3 Å². The second-order valence-corrected chi connectivity index (χ2v) is 3.17. The van der Waals surface area contributed by atoms with Gasteiger partial charge in [-0.2, -0.15) is 0 Å². The van der Waals surface area contributed by atoms with Crippen LogP contribution >= 0.6 is 0 Å². The Morgan fingerprint density at radius 1 is 1.64 bits per heavy atom. The molecule has 5 nitrogen and oxygen atoms in total. The van der Waals surface area contributed by atoms with Crippen LogP contribution in [0.1, 0.15) is 20.8 Å². The van der Waals surface area contributed by atoms with Crippen LogP contribution in [0.3, 0.4) is 0 Å². The van der Waals surface area contributed by atoms with Crippen LogP contribution in [-0.4, -0.2) is 30.4 Å². The van der Waals surface area contributed by atoms with Gasteiger partial charge in [-0.1, -0.05) is 0 Å². The second kappa shape index (κ2) is 4.21. The van der Waals surface area contributed by atoms with Crippen molar-refractivity contribution in [3.63, 3.8) is 0 Å². The fraction of sp³-hybridized carbons (Fsp3) is 0.667. The molecule has 0 unspecified atom stereocenters. The smallest absolute Gasteiger partial charge is 0.320 e. The number of carbonyl (C=O) groups is 2. The Morgan fingerprint density at radius 3 is 2.79 bits per heavy atom. The molecule has 0 aromatic carbocycles. The van der Waals surface area contributed by atoms with Gasteiger partial charge < -0.3 is 10.1 Å². The number of aliphatic imine (C=N–C) groups is 1. The van der Waals surface area contributed by atoms with Gasteiger partial charge in [0.05, 0.1) is 12.6 Å². The fourth-order valence-electron chi connectivity index (χ4n) is 1.42. The molecular weight excluding hydrogens is 184 g/mol. The van der Waals surface area contributed by atoms with E-state index in [0.717, 1.165) is 0 Å². The van der Waals surface area contributed by atoms with Gasteiger partial charge in [-0.15, -0.1) is 0 Å². The molecule has 1 N–H and O–H groups in total. The number of carbonyl (C=O) groups excluding carboxylic acids is 2. The summed E-state index contributed by atoms with van der Waals surface area (Å²) in [5.41, 5.74) is 0. The maximum atomic E-state index is 11.4. The zero-order valence-corrected chi connectivity index (χ0v) is 8.53. The summed E-state index contributed by atoms with van der Waals surface area (Å²) >= 11 is 0. The number of ether oxygens (including phenoxy) is 1. The molecule has 1 aliphatic heterocycles. The Balaban J connectivity index is 2.78. The van der Waals surface area contributed by atoms with Crippen molar-refractivity contribution in [2.45, 2.75) is 26.8 Å². The molecule has 0 radical (unpaired) electrons. The summed E-state index contributed by atoms with van der Waals surface area (Å²) in [5, 5.41) is 2.51. The molecule has 78 valence electrons. The highest BCUT2D eigenvalue weighted by Gasteiger charge is 2.36. The molecule has 0 fully saturated rings. The molecule has 0 saturated carbocycles. The van der Waals surface area contributed by atoms with Crippen LogP contribution in [0.4, 0.5) is 0 Å². The number of esters is 1. The summed E-state index contributed by atoms with van der Waals surface area (Å²) in [4.78, 5) is 26.9. The molecule has 0 aromatic heterocycles. The molecule has 14 heavy (non-hydrogen) atoms. The van der Waals surface area contributed by atoms with Crippen molar-refractivity contribution >= 4 is 17.7 Å². The predicted octanol–water partition coefficient (Wildman–Crippen LogP) is 0.102. The maximum absolute atomic E-state index is 11.4. The molecule has 1 aliphatic rings. The van der Waals surface area contributed by atoms with Crippen molar-refractivity contribution in [1.29, 1.82) is 0 Å². The van der Waals surface area contributed by atoms with Crippen molar-refractivity contribution in [2.75, 3.05) is 6.61 Å². The fourth-order valence-corrected chi connectivity index (χ4v) is 1.42. The minimum atomic E-state index is -0.807. The third kappa shape index (κ3) is 2.10. The van der Waals surface area contributed by atoms with E-state index in [1.54, 1.807) is 20.8 Å². The first-order valence-electron chi connectivity index (χ1n) is 4.58. The van der Waals surface area contributed by atoms with Gasteiger partial charge in [-0.25, -0.2) is 0 Å². The highest BCUT2D eigenvalue weighted by Crippen LogP contribution is 2.14. The molecule has 1 amide bonds. The number of rotatable bonds is 2. The molecule has 2 atom stereocenters. The molecule has 0 aromatic rings. The van der Waals surface area contributed by atoms with Crippen LogP contribution in [0.5, 0.6) is 0 Å². The summed E-state index contributed by atoms with van der Waals surface area (Å²) in [5.74, 6) is -1.10. The Bertz CT molecular complexity index is 286.